The summed E-state index contributed by atoms with van der Waals surface area (Å²) in [6.07, 6.45) is -2.23. The molecule has 156 valence electrons. The summed E-state index contributed by atoms with van der Waals surface area (Å²) in [7, 11) is -3.86. The Kier molecular flexibility index (Phi) is 6.02. The highest BCUT2D eigenvalue weighted by Crippen LogP contribution is 2.32. The Labute approximate surface area is 162 Å². The summed E-state index contributed by atoms with van der Waals surface area (Å²) in [5.41, 5.74) is -0.886. The molecule has 1 atom stereocenters. The highest BCUT2D eigenvalue weighted by molar-refractivity contribution is 7.89. The minimum absolute atomic E-state index is 0.0709. The summed E-state index contributed by atoms with van der Waals surface area (Å²) >= 11 is 0. The SMILES string of the molecule is C[C@H](NC(=O)CN1CCN(S(=O)(=O)c2ccc(C(F)(F)F)cc2)CC1)C1CC1. The number of rotatable bonds is 6. The molecule has 1 aromatic rings. The Morgan fingerprint density at radius 2 is 1.71 bits per heavy atom. The summed E-state index contributed by atoms with van der Waals surface area (Å²) < 4.78 is 64.5. The van der Waals surface area contributed by atoms with E-state index in [0.29, 0.717) is 19.0 Å². The number of hydrogen-bond donors (Lipinski definition) is 1. The Morgan fingerprint density at radius 3 is 2.21 bits per heavy atom. The molecule has 1 heterocycles. The summed E-state index contributed by atoms with van der Waals surface area (Å²) in [6, 6.07) is 3.67. The maximum atomic E-state index is 12.7. The molecule has 3 rings (SSSR count). The van der Waals surface area contributed by atoms with Crippen molar-refractivity contribution in [2.45, 2.75) is 36.9 Å². The third-order valence-electron chi connectivity index (χ3n) is 5.24. The van der Waals surface area contributed by atoms with Gasteiger partial charge in [-0.25, -0.2) is 8.42 Å². The predicted molar refractivity (Wildman–Crippen MR) is 97.0 cm³/mol. The van der Waals surface area contributed by atoms with Crippen molar-refractivity contribution in [1.29, 1.82) is 0 Å². The number of carbonyl (C=O) groups excluding carboxylic acids is 1. The molecule has 2 fully saturated rings. The number of piperazine rings is 1. The van der Waals surface area contributed by atoms with E-state index in [0.717, 1.165) is 37.1 Å². The highest BCUT2D eigenvalue weighted by atomic mass is 32.2. The zero-order valence-corrected chi connectivity index (χ0v) is 16.4. The first-order valence-electron chi connectivity index (χ1n) is 9.26. The second-order valence-electron chi connectivity index (χ2n) is 7.40. The van der Waals surface area contributed by atoms with Crippen molar-refractivity contribution in [1.82, 2.24) is 14.5 Å². The molecular weight excluding hydrogens is 395 g/mol. The maximum Gasteiger partial charge on any atom is 0.416 e. The highest BCUT2D eigenvalue weighted by Gasteiger charge is 2.33. The van der Waals surface area contributed by atoms with E-state index in [2.05, 4.69) is 5.32 Å². The first-order chi connectivity index (χ1) is 13.1. The van der Waals surface area contributed by atoms with Crippen LogP contribution in [0, 0.1) is 5.92 Å². The molecule has 28 heavy (non-hydrogen) atoms. The van der Waals surface area contributed by atoms with Crippen LogP contribution in [0.15, 0.2) is 29.2 Å². The second-order valence-corrected chi connectivity index (χ2v) is 9.33. The van der Waals surface area contributed by atoms with Crippen LogP contribution in [0.25, 0.3) is 0 Å². The molecule has 1 N–H and O–H groups in total. The molecule has 6 nitrogen and oxygen atoms in total. The van der Waals surface area contributed by atoms with Crippen LogP contribution < -0.4 is 5.32 Å². The number of halogens is 3. The molecule has 1 aromatic carbocycles. The van der Waals surface area contributed by atoms with E-state index >= 15 is 0 Å². The summed E-state index contributed by atoms with van der Waals surface area (Å²) in [6.45, 7) is 3.37. The molecule has 0 spiro atoms. The van der Waals surface area contributed by atoms with Crippen molar-refractivity contribution in [3.05, 3.63) is 29.8 Å². The Morgan fingerprint density at radius 1 is 1.14 bits per heavy atom. The molecule has 0 unspecified atom stereocenters. The van der Waals surface area contributed by atoms with E-state index in [1.165, 1.54) is 4.31 Å². The Balaban J connectivity index is 1.53. The first-order valence-corrected chi connectivity index (χ1v) is 10.7. The molecule has 0 bridgehead atoms. The first kappa shape index (κ1) is 21.1. The van der Waals surface area contributed by atoms with Gasteiger partial charge in [0.2, 0.25) is 15.9 Å². The maximum absolute atomic E-state index is 12.7. The van der Waals surface area contributed by atoms with Crippen molar-refractivity contribution in [2.24, 2.45) is 5.92 Å². The molecule has 2 aliphatic rings. The van der Waals surface area contributed by atoms with Crippen molar-refractivity contribution in [3.8, 4) is 0 Å². The fourth-order valence-corrected chi connectivity index (χ4v) is 4.73. The number of nitrogens with one attached hydrogen (secondary N) is 1. The standard InChI is InChI=1S/C18H24F3N3O3S/c1-13(14-2-3-14)22-17(25)12-23-8-10-24(11-9-23)28(26,27)16-6-4-15(5-7-16)18(19,20)21/h4-7,13-14H,2-3,8-12H2,1H3,(H,22,25)/t13-/m0/s1. The minimum atomic E-state index is -4.51. The predicted octanol–water partition coefficient (Wildman–Crippen LogP) is 1.93. The van der Waals surface area contributed by atoms with Gasteiger partial charge in [0.1, 0.15) is 0 Å². The normalized spacial score (nSPS) is 20.7. The van der Waals surface area contributed by atoms with Gasteiger partial charge in [0, 0.05) is 32.2 Å². The number of carbonyl (C=O) groups is 1. The lowest BCUT2D eigenvalue weighted by atomic mass is 10.2. The smallest absolute Gasteiger partial charge is 0.352 e. The van der Waals surface area contributed by atoms with Crippen LogP contribution in [-0.2, 0) is 21.0 Å². The van der Waals surface area contributed by atoms with E-state index in [9.17, 15) is 26.4 Å². The van der Waals surface area contributed by atoms with Crippen LogP contribution in [0.5, 0.6) is 0 Å². The van der Waals surface area contributed by atoms with Crippen LogP contribution in [0.2, 0.25) is 0 Å². The van der Waals surface area contributed by atoms with Crippen LogP contribution in [-0.4, -0.2) is 62.3 Å². The van der Waals surface area contributed by atoms with E-state index < -0.39 is 21.8 Å². The van der Waals surface area contributed by atoms with Gasteiger partial charge in [-0.05, 0) is 49.9 Å². The average Bonchev–Trinajstić information content (AvgIpc) is 3.46. The molecular formula is C18H24F3N3O3S. The van der Waals surface area contributed by atoms with Crippen LogP contribution in [0.4, 0.5) is 13.2 Å². The van der Waals surface area contributed by atoms with E-state index in [1.54, 1.807) is 0 Å². The average molecular weight is 419 g/mol. The van der Waals surface area contributed by atoms with Gasteiger partial charge in [-0.15, -0.1) is 0 Å². The molecule has 0 radical (unpaired) electrons. The lowest BCUT2D eigenvalue weighted by molar-refractivity contribution is -0.137. The monoisotopic (exact) mass is 419 g/mol. The van der Waals surface area contributed by atoms with Crippen molar-refractivity contribution in [2.75, 3.05) is 32.7 Å². The lowest BCUT2D eigenvalue weighted by Crippen LogP contribution is -2.51. The number of hydrogen-bond acceptors (Lipinski definition) is 4. The van der Waals surface area contributed by atoms with Crippen molar-refractivity contribution >= 4 is 15.9 Å². The lowest BCUT2D eigenvalue weighted by Gasteiger charge is -2.33. The van der Waals surface area contributed by atoms with Gasteiger partial charge in [-0.2, -0.15) is 17.5 Å². The zero-order chi connectivity index (χ0) is 20.5. The van der Waals surface area contributed by atoms with Gasteiger partial charge in [0.05, 0.1) is 17.0 Å². The van der Waals surface area contributed by atoms with E-state index in [-0.39, 0.29) is 36.5 Å². The summed E-state index contributed by atoms with van der Waals surface area (Å²) in [4.78, 5) is 13.8. The summed E-state index contributed by atoms with van der Waals surface area (Å²) in [5.74, 6) is 0.494. The molecule has 0 aromatic heterocycles. The van der Waals surface area contributed by atoms with E-state index in [1.807, 2.05) is 11.8 Å². The third-order valence-corrected chi connectivity index (χ3v) is 7.15. The quantitative estimate of drug-likeness (QED) is 0.765. The second kappa shape index (κ2) is 8.00. The van der Waals surface area contributed by atoms with Crippen LogP contribution in [0.3, 0.4) is 0 Å². The number of nitrogens with zero attached hydrogens (tertiary/aromatic N) is 2. The van der Waals surface area contributed by atoms with Gasteiger partial charge < -0.3 is 5.32 Å². The fourth-order valence-electron chi connectivity index (χ4n) is 3.31. The largest absolute Gasteiger partial charge is 0.416 e. The topological polar surface area (TPSA) is 69.7 Å². The van der Waals surface area contributed by atoms with Gasteiger partial charge in [-0.3, -0.25) is 9.69 Å². The Bertz CT molecular complexity index is 800. The van der Waals surface area contributed by atoms with Crippen molar-refractivity contribution in [3.63, 3.8) is 0 Å². The summed E-state index contributed by atoms with van der Waals surface area (Å²) in [5, 5.41) is 2.97. The third kappa shape index (κ3) is 5.03. The molecule has 1 saturated carbocycles. The molecule has 1 aliphatic heterocycles. The van der Waals surface area contributed by atoms with Crippen LogP contribution in [0.1, 0.15) is 25.3 Å². The molecule has 10 heteroatoms. The number of sulfonamides is 1. The molecule has 1 saturated heterocycles. The number of amides is 1. The van der Waals surface area contributed by atoms with Gasteiger partial charge in [0.25, 0.3) is 0 Å². The van der Waals surface area contributed by atoms with Crippen LogP contribution >= 0.6 is 0 Å². The van der Waals surface area contributed by atoms with Gasteiger partial charge in [-0.1, -0.05) is 0 Å². The van der Waals surface area contributed by atoms with E-state index in [4.69, 9.17) is 0 Å². The minimum Gasteiger partial charge on any atom is -0.352 e. The fraction of sp³-hybridized carbons (Fsp3) is 0.611. The van der Waals surface area contributed by atoms with Gasteiger partial charge in [0.15, 0.2) is 0 Å². The zero-order valence-electron chi connectivity index (χ0n) is 15.6. The van der Waals surface area contributed by atoms with Crippen molar-refractivity contribution < 1.29 is 26.4 Å². The number of alkyl halides is 3. The molecule has 1 amide bonds. The molecule has 1 aliphatic carbocycles. The Hall–Kier alpha value is -1.65. The number of benzene rings is 1. The van der Waals surface area contributed by atoms with Gasteiger partial charge >= 0.3 is 6.18 Å².